The summed E-state index contributed by atoms with van der Waals surface area (Å²) in [6, 6.07) is 0. The molecule has 0 aliphatic rings. The van der Waals surface area contributed by atoms with Crippen LogP contribution in [0, 0.1) is 0 Å². The van der Waals surface area contributed by atoms with E-state index in [9.17, 15) is 9.13 Å². The molecule has 0 radical (unpaired) electrons. The van der Waals surface area contributed by atoms with Gasteiger partial charge in [0, 0.05) is 0 Å². The fraction of sp³-hybridized carbons (Fsp3) is 0.667. The van der Waals surface area contributed by atoms with Crippen molar-refractivity contribution < 1.29 is 37.3 Å². The highest BCUT2D eigenvalue weighted by atomic mass is 31.3. The first-order valence-electron chi connectivity index (χ1n) is 4.06. The minimum absolute atomic E-state index is 0.233. The summed E-state index contributed by atoms with van der Waals surface area (Å²) < 4.78 is 34.0. The molecule has 0 fully saturated rings. The molecule has 10 heteroatoms. The van der Waals surface area contributed by atoms with Gasteiger partial charge in [0.2, 0.25) is 0 Å². The van der Waals surface area contributed by atoms with Crippen LogP contribution in [0.1, 0.15) is 13.8 Å². The van der Waals surface area contributed by atoms with Crippen molar-refractivity contribution in [3.8, 4) is 0 Å². The molecule has 96 valence electrons. The Hall–Kier alpha value is -0.0400. The largest absolute Gasteiger partial charge is 0.508 e. The number of allylic oxidation sites excluding steroid dienone is 1. The second-order valence-corrected chi connectivity index (χ2v) is 5.77. The number of hydrogen-bond acceptors (Lipinski definition) is 6. The Labute approximate surface area is 92.9 Å². The maximum atomic E-state index is 11.1. The molecule has 0 aliphatic heterocycles. The minimum Gasteiger partial charge on any atom is -0.302 e. The van der Waals surface area contributed by atoms with E-state index in [4.69, 9.17) is 9.79 Å². The van der Waals surface area contributed by atoms with Gasteiger partial charge in [-0.15, -0.1) is 4.67 Å². The molecule has 0 spiro atoms. The molecule has 0 aromatic rings. The van der Waals surface area contributed by atoms with Crippen LogP contribution in [0.3, 0.4) is 0 Å². The van der Waals surface area contributed by atoms with Crippen LogP contribution in [-0.2, 0) is 27.5 Å². The van der Waals surface area contributed by atoms with Gasteiger partial charge in [-0.2, -0.15) is 4.31 Å². The van der Waals surface area contributed by atoms with Crippen molar-refractivity contribution in [3.63, 3.8) is 0 Å². The van der Waals surface area contributed by atoms with E-state index >= 15 is 0 Å². The zero-order valence-electron chi connectivity index (χ0n) is 9.02. The molecular formula is C6H14O8P2. The van der Waals surface area contributed by atoms with E-state index < -0.39 is 15.6 Å². The van der Waals surface area contributed by atoms with Crippen molar-refractivity contribution in [2.75, 3.05) is 13.7 Å². The van der Waals surface area contributed by atoms with Gasteiger partial charge >= 0.3 is 15.6 Å². The number of rotatable bonds is 7. The fourth-order valence-corrected chi connectivity index (χ4v) is 2.35. The average Bonchev–Trinajstić information content (AvgIpc) is 1.99. The van der Waals surface area contributed by atoms with E-state index in [1.165, 1.54) is 6.08 Å². The minimum atomic E-state index is -4.76. The summed E-state index contributed by atoms with van der Waals surface area (Å²) in [6.07, 6.45) is 1.49. The fourth-order valence-electron chi connectivity index (χ4n) is 0.560. The van der Waals surface area contributed by atoms with Crippen LogP contribution in [0.4, 0.5) is 0 Å². The van der Waals surface area contributed by atoms with Gasteiger partial charge in [0.1, 0.15) is 0 Å². The van der Waals surface area contributed by atoms with Gasteiger partial charge in [-0.3, -0.25) is 4.52 Å². The van der Waals surface area contributed by atoms with E-state index in [1.807, 2.05) is 0 Å². The smallest absolute Gasteiger partial charge is 0.302 e. The Morgan fingerprint density at radius 3 is 2.25 bits per heavy atom. The molecule has 0 rings (SSSR count). The van der Waals surface area contributed by atoms with Crippen LogP contribution in [0.2, 0.25) is 0 Å². The lowest BCUT2D eigenvalue weighted by Gasteiger charge is -2.13. The molecule has 0 aromatic carbocycles. The second-order valence-electron chi connectivity index (χ2n) is 2.84. The first-order valence-corrected chi connectivity index (χ1v) is 7.05. The summed E-state index contributed by atoms with van der Waals surface area (Å²) in [6.45, 7) is 3.26. The molecule has 16 heavy (non-hydrogen) atoms. The van der Waals surface area contributed by atoms with E-state index in [0.29, 0.717) is 0 Å². The maximum absolute atomic E-state index is 11.1. The third-order valence-corrected chi connectivity index (χ3v) is 3.57. The third-order valence-electron chi connectivity index (χ3n) is 1.10. The Kier molecular flexibility index (Phi) is 6.62. The van der Waals surface area contributed by atoms with Crippen molar-refractivity contribution in [2.45, 2.75) is 13.8 Å². The molecule has 2 N–H and O–H groups in total. The van der Waals surface area contributed by atoms with E-state index in [0.717, 1.165) is 12.7 Å². The molecule has 2 unspecified atom stereocenters. The van der Waals surface area contributed by atoms with Gasteiger partial charge in [0.15, 0.2) is 0 Å². The first kappa shape index (κ1) is 16.0. The first-order chi connectivity index (χ1) is 7.18. The molecule has 0 amide bonds. The lowest BCUT2D eigenvalue weighted by atomic mass is 10.3. The standard InChI is InChI=1S/C6H14O8P2/c1-6(2)4-5-12-15(7,8)14-16(9,10)13-11-3/h4H,5H2,1-3H3,(H,7,8)(H,9,10). The molecule has 0 bridgehead atoms. The summed E-state index contributed by atoms with van der Waals surface area (Å²) in [5, 5.41) is 0. The van der Waals surface area contributed by atoms with E-state index in [2.05, 4.69) is 18.4 Å². The van der Waals surface area contributed by atoms with Crippen LogP contribution < -0.4 is 0 Å². The van der Waals surface area contributed by atoms with E-state index in [1.54, 1.807) is 13.8 Å². The van der Waals surface area contributed by atoms with Gasteiger partial charge in [0.05, 0.1) is 13.7 Å². The highest BCUT2D eigenvalue weighted by Gasteiger charge is 2.35. The van der Waals surface area contributed by atoms with Crippen molar-refractivity contribution in [1.29, 1.82) is 0 Å². The Morgan fingerprint density at radius 2 is 1.81 bits per heavy atom. The van der Waals surface area contributed by atoms with Gasteiger partial charge in [-0.25, -0.2) is 14.0 Å². The molecule has 2 atom stereocenters. The molecule has 8 nitrogen and oxygen atoms in total. The molecule has 0 saturated heterocycles. The van der Waals surface area contributed by atoms with Gasteiger partial charge in [-0.05, 0) is 13.8 Å². The van der Waals surface area contributed by atoms with Gasteiger partial charge in [-0.1, -0.05) is 11.6 Å². The molecular weight excluding hydrogens is 262 g/mol. The summed E-state index contributed by atoms with van der Waals surface area (Å²) >= 11 is 0. The Bertz CT molecular complexity index is 333. The zero-order valence-corrected chi connectivity index (χ0v) is 10.8. The Morgan fingerprint density at radius 1 is 1.25 bits per heavy atom. The van der Waals surface area contributed by atoms with E-state index in [-0.39, 0.29) is 6.61 Å². The quantitative estimate of drug-likeness (QED) is 0.313. The molecule has 0 heterocycles. The lowest BCUT2D eigenvalue weighted by Crippen LogP contribution is -1.97. The van der Waals surface area contributed by atoms with Crippen LogP contribution >= 0.6 is 15.6 Å². The zero-order chi connectivity index (χ0) is 12.8. The third kappa shape index (κ3) is 8.15. The van der Waals surface area contributed by atoms with Crippen molar-refractivity contribution in [1.82, 2.24) is 0 Å². The number of phosphoric ester groups is 1. The summed E-state index contributed by atoms with van der Waals surface area (Å²) in [7, 11) is -8.48. The monoisotopic (exact) mass is 276 g/mol. The van der Waals surface area contributed by atoms with Crippen LogP contribution in [-0.4, -0.2) is 23.5 Å². The SMILES string of the molecule is COOP(=O)(O)OP(=O)(O)OCC=C(C)C. The van der Waals surface area contributed by atoms with Gasteiger partial charge < -0.3 is 9.79 Å². The maximum Gasteiger partial charge on any atom is 0.508 e. The van der Waals surface area contributed by atoms with Crippen molar-refractivity contribution >= 4 is 15.6 Å². The van der Waals surface area contributed by atoms with Crippen LogP contribution in [0.5, 0.6) is 0 Å². The van der Waals surface area contributed by atoms with Crippen molar-refractivity contribution in [3.05, 3.63) is 11.6 Å². The van der Waals surface area contributed by atoms with Crippen molar-refractivity contribution in [2.24, 2.45) is 0 Å². The highest BCUT2D eigenvalue weighted by molar-refractivity contribution is 7.61. The summed E-state index contributed by atoms with van der Waals surface area (Å²) in [5.41, 5.74) is 0.848. The summed E-state index contributed by atoms with van der Waals surface area (Å²) in [5.74, 6) is 0. The normalized spacial score (nSPS) is 18.6. The topological polar surface area (TPSA) is 112 Å². The second kappa shape index (κ2) is 6.64. The predicted molar refractivity (Wildman–Crippen MR) is 54.2 cm³/mol. The van der Waals surface area contributed by atoms with Crippen LogP contribution in [0.15, 0.2) is 11.6 Å². The number of phosphoric acid groups is 2. The lowest BCUT2D eigenvalue weighted by molar-refractivity contribution is -0.194. The van der Waals surface area contributed by atoms with Crippen LogP contribution in [0.25, 0.3) is 0 Å². The highest BCUT2D eigenvalue weighted by Crippen LogP contribution is 2.60. The Balaban J connectivity index is 4.30. The molecule has 0 aromatic heterocycles. The molecule has 0 aliphatic carbocycles. The predicted octanol–water partition coefficient (Wildman–Crippen LogP) is 1.76. The molecule has 0 saturated carbocycles. The van der Waals surface area contributed by atoms with Gasteiger partial charge in [0.25, 0.3) is 0 Å². The summed E-state index contributed by atoms with van der Waals surface area (Å²) in [4.78, 5) is 21.7. The number of hydrogen-bond donors (Lipinski definition) is 2. The average molecular weight is 276 g/mol.